The van der Waals surface area contributed by atoms with Crippen molar-refractivity contribution in [3.05, 3.63) is 28.0 Å². The molecule has 90 valence electrons. The summed E-state index contributed by atoms with van der Waals surface area (Å²) in [6.07, 6.45) is 1.49. The number of aromatic amines is 1. The van der Waals surface area contributed by atoms with Crippen LogP contribution in [0.1, 0.15) is 0 Å². The van der Waals surface area contributed by atoms with Crippen LogP contribution in [0.4, 0.5) is 0 Å². The minimum atomic E-state index is 0.0887. The number of aromatic nitrogens is 5. The molecule has 0 amide bonds. The lowest BCUT2D eigenvalue weighted by Gasteiger charge is -1.98. The molecule has 0 aliphatic carbocycles. The fraction of sp³-hybridized carbons (Fsp3) is 0. The molecule has 0 aliphatic rings. The molecule has 0 saturated carbocycles. The molecule has 0 atom stereocenters. The number of hydrogen-bond acceptors (Lipinski definition) is 6. The highest BCUT2D eigenvalue weighted by atomic mass is 127. The molecule has 7 nitrogen and oxygen atoms in total. The van der Waals surface area contributed by atoms with Gasteiger partial charge in [0, 0.05) is 3.57 Å². The van der Waals surface area contributed by atoms with Crippen LogP contribution in [0.2, 0.25) is 0 Å². The number of nitrogens with one attached hydrogen (secondary N) is 1. The number of halogens is 1. The molecule has 2 heterocycles. The molecule has 1 aromatic carbocycles. The standard InChI is InChI=1S/C10H6IN5O2/c11-5-1-2-8(17)6(3-5)10-13-9(15-18-10)7-4-12-16-14-7/h1-4,17H,(H,12,14,16). The fourth-order valence-electron chi connectivity index (χ4n) is 1.43. The monoisotopic (exact) mass is 355 g/mol. The van der Waals surface area contributed by atoms with E-state index in [0.29, 0.717) is 17.1 Å². The maximum absolute atomic E-state index is 9.76. The van der Waals surface area contributed by atoms with Gasteiger partial charge in [0.05, 0.1) is 11.8 Å². The van der Waals surface area contributed by atoms with E-state index in [0.717, 1.165) is 3.57 Å². The number of rotatable bonds is 2. The van der Waals surface area contributed by atoms with E-state index in [4.69, 9.17) is 4.52 Å². The highest BCUT2D eigenvalue weighted by Gasteiger charge is 2.15. The lowest BCUT2D eigenvalue weighted by Crippen LogP contribution is -1.83. The molecular formula is C10H6IN5O2. The summed E-state index contributed by atoms with van der Waals surface area (Å²) >= 11 is 2.14. The topological polar surface area (TPSA) is 101 Å². The van der Waals surface area contributed by atoms with Gasteiger partial charge in [-0.25, -0.2) is 0 Å². The van der Waals surface area contributed by atoms with Crippen molar-refractivity contribution in [3.8, 4) is 28.7 Å². The van der Waals surface area contributed by atoms with Crippen molar-refractivity contribution in [2.75, 3.05) is 0 Å². The number of phenolic OH excluding ortho intramolecular Hbond substituents is 1. The van der Waals surface area contributed by atoms with Crippen LogP contribution in [0.25, 0.3) is 23.0 Å². The van der Waals surface area contributed by atoms with Gasteiger partial charge in [-0.1, -0.05) is 5.16 Å². The van der Waals surface area contributed by atoms with E-state index in [1.54, 1.807) is 18.2 Å². The Hall–Kier alpha value is -1.97. The Morgan fingerprint density at radius 2 is 2.22 bits per heavy atom. The van der Waals surface area contributed by atoms with Crippen molar-refractivity contribution in [1.29, 1.82) is 0 Å². The van der Waals surface area contributed by atoms with Crippen LogP contribution in [-0.4, -0.2) is 30.7 Å². The maximum Gasteiger partial charge on any atom is 0.262 e. The van der Waals surface area contributed by atoms with Crippen molar-refractivity contribution < 1.29 is 9.63 Å². The van der Waals surface area contributed by atoms with Crippen LogP contribution in [0, 0.1) is 3.57 Å². The first-order valence-electron chi connectivity index (χ1n) is 4.93. The Morgan fingerprint density at radius 3 is 3.00 bits per heavy atom. The third-order valence-electron chi connectivity index (χ3n) is 2.26. The third kappa shape index (κ3) is 1.94. The van der Waals surface area contributed by atoms with Gasteiger partial charge in [-0.2, -0.15) is 20.4 Å². The summed E-state index contributed by atoms with van der Waals surface area (Å²) in [5.41, 5.74) is 0.972. The van der Waals surface area contributed by atoms with Gasteiger partial charge in [0.15, 0.2) is 5.69 Å². The second-order valence-corrected chi connectivity index (χ2v) is 4.69. The van der Waals surface area contributed by atoms with Crippen molar-refractivity contribution in [2.45, 2.75) is 0 Å². The second kappa shape index (κ2) is 4.37. The van der Waals surface area contributed by atoms with E-state index < -0.39 is 0 Å². The molecule has 18 heavy (non-hydrogen) atoms. The van der Waals surface area contributed by atoms with Gasteiger partial charge < -0.3 is 9.63 Å². The van der Waals surface area contributed by atoms with Crippen molar-refractivity contribution in [1.82, 2.24) is 25.6 Å². The predicted octanol–water partition coefficient (Wildman–Crippen LogP) is 1.83. The zero-order valence-electron chi connectivity index (χ0n) is 8.83. The molecule has 0 unspecified atom stereocenters. The van der Waals surface area contributed by atoms with Crippen molar-refractivity contribution in [3.63, 3.8) is 0 Å². The second-order valence-electron chi connectivity index (χ2n) is 3.44. The molecule has 8 heteroatoms. The van der Waals surface area contributed by atoms with Gasteiger partial charge in [0.25, 0.3) is 5.89 Å². The third-order valence-corrected chi connectivity index (χ3v) is 2.93. The summed E-state index contributed by atoms with van der Waals surface area (Å²) in [6.45, 7) is 0. The van der Waals surface area contributed by atoms with E-state index in [1.807, 2.05) is 0 Å². The largest absolute Gasteiger partial charge is 0.507 e. The minimum absolute atomic E-state index is 0.0887. The molecule has 0 fully saturated rings. The Morgan fingerprint density at radius 1 is 1.33 bits per heavy atom. The summed E-state index contributed by atoms with van der Waals surface area (Å²) in [5, 5.41) is 23.5. The lowest BCUT2D eigenvalue weighted by atomic mass is 10.2. The average molecular weight is 355 g/mol. The summed E-state index contributed by atoms with van der Waals surface area (Å²) in [6, 6.07) is 5.13. The quantitative estimate of drug-likeness (QED) is 0.681. The summed E-state index contributed by atoms with van der Waals surface area (Å²) < 4.78 is 6.06. The van der Waals surface area contributed by atoms with E-state index in [1.165, 1.54) is 6.20 Å². The molecule has 0 radical (unpaired) electrons. The van der Waals surface area contributed by atoms with Gasteiger partial charge in [0.1, 0.15) is 5.75 Å². The first kappa shape index (κ1) is 11.1. The molecule has 0 aliphatic heterocycles. The Kier molecular flexibility index (Phi) is 2.70. The fourth-order valence-corrected chi connectivity index (χ4v) is 1.92. The van der Waals surface area contributed by atoms with Gasteiger partial charge in [-0.3, -0.25) is 0 Å². The SMILES string of the molecule is Oc1ccc(I)cc1-c1nc(-c2cn[nH]n2)no1. The smallest absolute Gasteiger partial charge is 0.262 e. The Balaban J connectivity index is 2.05. The van der Waals surface area contributed by atoms with Crippen LogP contribution < -0.4 is 0 Å². The number of H-pyrrole nitrogens is 1. The molecule has 0 spiro atoms. The van der Waals surface area contributed by atoms with Gasteiger partial charge in [0.2, 0.25) is 5.82 Å². The highest BCUT2D eigenvalue weighted by molar-refractivity contribution is 14.1. The zero-order valence-corrected chi connectivity index (χ0v) is 11.0. The van der Waals surface area contributed by atoms with E-state index in [9.17, 15) is 5.11 Å². The highest BCUT2D eigenvalue weighted by Crippen LogP contribution is 2.30. The maximum atomic E-state index is 9.76. The number of benzene rings is 1. The molecule has 3 aromatic rings. The summed E-state index contributed by atoms with van der Waals surface area (Å²) in [5.74, 6) is 0.645. The van der Waals surface area contributed by atoms with Crippen LogP contribution in [-0.2, 0) is 0 Å². The molecule has 2 N–H and O–H groups in total. The molecule has 2 aromatic heterocycles. The van der Waals surface area contributed by atoms with Crippen molar-refractivity contribution >= 4 is 22.6 Å². The number of aromatic hydroxyl groups is 1. The Labute approximate surface area is 114 Å². The van der Waals surface area contributed by atoms with Gasteiger partial charge in [-0.15, -0.1) is 0 Å². The first-order valence-corrected chi connectivity index (χ1v) is 6.00. The number of phenols is 1. The van der Waals surface area contributed by atoms with Crippen molar-refractivity contribution in [2.24, 2.45) is 0 Å². The van der Waals surface area contributed by atoms with E-state index in [-0.39, 0.29) is 11.6 Å². The number of hydrogen-bond donors (Lipinski definition) is 2. The summed E-state index contributed by atoms with van der Waals surface area (Å²) in [7, 11) is 0. The zero-order chi connectivity index (χ0) is 12.5. The van der Waals surface area contributed by atoms with Crippen LogP contribution in [0.3, 0.4) is 0 Å². The van der Waals surface area contributed by atoms with E-state index >= 15 is 0 Å². The molecule has 0 bridgehead atoms. The molecule has 0 saturated heterocycles. The normalized spacial score (nSPS) is 10.7. The Bertz CT molecular complexity index is 679. The lowest BCUT2D eigenvalue weighted by molar-refractivity contribution is 0.425. The van der Waals surface area contributed by atoms with Gasteiger partial charge in [-0.05, 0) is 40.8 Å². The van der Waals surface area contributed by atoms with Crippen LogP contribution in [0.5, 0.6) is 5.75 Å². The van der Waals surface area contributed by atoms with Gasteiger partial charge >= 0.3 is 0 Å². The average Bonchev–Trinajstić information content (AvgIpc) is 3.00. The molecular weight excluding hydrogens is 349 g/mol. The number of nitrogens with zero attached hydrogens (tertiary/aromatic N) is 4. The summed E-state index contributed by atoms with van der Waals surface area (Å²) in [4.78, 5) is 4.16. The van der Waals surface area contributed by atoms with Crippen LogP contribution in [0.15, 0.2) is 28.9 Å². The first-order chi connectivity index (χ1) is 8.74. The molecule has 3 rings (SSSR count). The van der Waals surface area contributed by atoms with E-state index in [2.05, 4.69) is 48.1 Å². The minimum Gasteiger partial charge on any atom is -0.507 e. The predicted molar refractivity (Wildman–Crippen MR) is 69.5 cm³/mol. The van der Waals surface area contributed by atoms with Crippen LogP contribution >= 0.6 is 22.6 Å².